The van der Waals surface area contributed by atoms with Crippen molar-refractivity contribution in [3.8, 4) is 0 Å². The number of hydrogen-bond acceptors (Lipinski definition) is 13. The second-order valence-corrected chi connectivity index (χ2v) is 10.4. The molecule has 10 N–H and O–H groups in total. The number of aliphatic hydroxyl groups is 8. The van der Waals surface area contributed by atoms with Crippen molar-refractivity contribution < 1.29 is 64.7 Å². The number of benzene rings is 1. The van der Waals surface area contributed by atoms with E-state index in [9.17, 15) is 50.4 Å². The van der Waals surface area contributed by atoms with Crippen LogP contribution in [-0.4, -0.2) is 134 Å². The minimum atomic E-state index is -2.09. The monoisotopic (exact) mass is 618 g/mol. The zero-order chi connectivity index (χ0) is 31.8. The molecule has 9 atom stereocenters. The molecule has 1 saturated heterocycles. The number of carbonyl (C=O) groups excluding carboxylic acids is 2. The van der Waals surface area contributed by atoms with Crippen LogP contribution in [0.25, 0.3) is 0 Å². The van der Waals surface area contributed by atoms with E-state index in [1.54, 1.807) is 0 Å². The molecule has 0 saturated carbocycles. The van der Waals surface area contributed by atoms with E-state index in [0.29, 0.717) is 13.0 Å². The van der Waals surface area contributed by atoms with Gasteiger partial charge in [-0.1, -0.05) is 56.0 Å². The maximum Gasteiger partial charge on any atom is 0.407 e. The topological polar surface area (TPSA) is 248 Å². The first-order chi connectivity index (χ1) is 20.6. The van der Waals surface area contributed by atoms with Gasteiger partial charge in [-0.15, -0.1) is 0 Å². The van der Waals surface area contributed by atoms with Gasteiger partial charge >= 0.3 is 6.09 Å². The van der Waals surface area contributed by atoms with Crippen LogP contribution in [0.2, 0.25) is 0 Å². The molecule has 2 rings (SSSR count). The Morgan fingerprint density at radius 1 is 0.837 bits per heavy atom. The molecule has 1 fully saturated rings. The molecule has 15 nitrogen and oxygen atoms in total. The average Bonchev–Trinajstić information content (AvgIpc) is 3.02. The van der Waals surface area contributed by atoms with E-state index in [1.165, 1.54) is 0 Å². The summed E-state index contributed by atoms with van der Waals surface area (Å²) in [5, 5.41) is 84.8. The van der Waals surface area contributed by atoms with E-state index in [1.807, 2.05) is 30.3 Å². The van der Waals surface area contributed by atoms with Crippen LogP contribution in [0.5, 0.6) is 0 Å². The van der Waals surface area contributed by atoms with Gasteiger partial charge in [0.2, 0.25) is 0 Å². The van der Waals surface area contributed by atoms with Gasteiger partial charge in [0.15, 0.2) is 12.4 Å². The Labute approximate surface area is 250 Å². The summed E-state index contributed by atoms with van der Waals surface area (Å²) in [5.41, 5.74) is 0.907. The Morgan fingerprint density at radius 2 is 1.44 bits per heavy atom. The maximum absolute atomic E-state index is 12.4. The first-order valence-electron chi connectivity index (χ1n) is 14.4. The van der Waals surface area contributed by atoms with Gasteiger partial charge in [0.1, 0.15) is 49.3 Å². The molecule has 2 unspecified atom stereocenters. The number of aliphatic hydroxyl groups excluding tert-OH is 8. The summed E-state index contributed by atoms with van der Waals surface area (Å²) < 4.78 is 15.6. The predicted octanol–water partition coefficient (Wildman–Crippen LogP) is -2.37. The molecule has 246 valence electrons. The van der Waals surface area contributed by atoms with E-state index in [-0.39, 0.29) is 13.2 Å². The van der Waals surface area contributed by atoms with Gasteiger partial charge in [0, 0.05) is 13.1 Å². The predicted molar refractivity (Wildman–Crippen MR) is 149 cm³/mol. The third-order valence-electron chi connectivity index (χ3n) is 7.02. The quantitative estimate of drug-likeness (QED) is 0.0729. The van der Waals surface area contributed by atoms with Gasteiger partial charge in [0.25, 0.3) is 5.91 Å². The number of hydrogen-bond donors (Lipinski definition) is 10. The minimum Gasteiger partial charge on any atom is -0.445 e. The van der Waals surface area contributed by atoms with Gasteiger partial charge in [-0.2, -0.15) is 0 Å². The first kappa shape index (κ1) is 36.8. The normalized spacial score (nSPS) is 24.9. The lowest BCUT2D eigenvalue weighted by molar-refractivity contribution is -0.326. The molecular formula is C28H46N2O13. The molecule has 0 aliphatic carbocycles. The van der Waals surface area contributed by atoms with Gasteiger partial charge in [0.05, 0.1) is 13.2 Å². The van der Waals surface area contributed by atoms with E-state index < -0.39 is 80.3 Å². The minimum absolute atomic E-state index is 0.193. The van der Waals surface area contributed by atoms with Crippen LogP contribution in [0.1, 0.15) is 44.1 Å². The van der Waals surface area contributed by atoms with E-state index in [2.05, 4.69) is 10.6 Å². The lowest BCUT2D eigenvalue weighted by Gasteiger charge is -2.42. The Balaban J connectivity index is 1.63. The lowest BCUT2D eigenvalue weighted by Crippen LogP contribution is -2.62. The molecule has 0 spiro atoms. The third kappa shape index (κ3) is 12.2. The standard InChI is InChI=1S/C28H46N2O13/c31-14-18(33)25(43-27-24(38)21(35)20(34)19(15-32)42-27)22(36)23(37)26(39)29-12-8-3-1-2-4-9-13-30-28(40)41-16-17-10-6-5-7-11-17/h5-7,10-11,18-25,27,31-38H,1-4,8-9,12-16H2,(H,29,39)(H,30,40)/t18-,19-,20+,21?,22-,23-,24?,25+,27+/m1/s1. The summed E-state index contributed by atoms with van der Waals surface area (Å²) in [6, 6.07) is 9.37. The Morgan fingerprint density at radius 3 is 2.05 bits per heavy atom. The molecule has 1 heterocycles. The number of unbranched alkanes of at least 4 members (excludes halogenated alkanes) is 5. The fraction of sp³-hybridized carbons (Fsp3) is 0.714. The van der Waals surface area contributed by atoms with E-state index in [4.69, 9.17) is 14.2 Å². The number of carbonyl (C=O) groups is 2. The molecule has 0 bridgehead atoms. The zero-order valence-corrected chi connectivity index (χ0v) is 24.0. The highest BCUT2D eigenvalue weighted by molar-refractivity contribution is 5.81. The van der Waals surface area contributed by atoms with Gasteiger partial charge in [-0.25, -0.2) is 4.79 Å². The van der Waals surface area contributed by atoms with Crippen molar-refractivity contribution in [2.45, 2.75) is 100 Å². The van der Waals surface area contributed by atoms with E-state index in [0.717, 1.165) is 37.7 Å². The largest absolute Gasteiger partial charge is 0.445 e. The summed E-state index contributed by atoms with van der Waals surface area (Å²) in [6.07, 6.45) is -12.0. The summed E-state index contributed by atoms with van der Waals surface area (Å²) >= 11 is 0. The number of rotatable bonds is 19. The number of nitrogens with one attached hydrogen (secondary N) is 2. The van der Waals surface area contributed by atoms with Crippen molar-refractivity contribution in [3.63, 3.8) is 0 Å². The van der Waals surface area contributed by atoms with Crippen molar-refractivity contribution in [2.75, 3.05) is 26.3 Å². The van der Waals surface area contributed by atoms with Crippen LogP contribution < -0.4 is 10.6 Å². The fourth-order valence-corrected chi connectivity index (χ4v) is 4.41. The summed E-state index contributed by atoms with van der Waals surface area (Å²) in [4.78, 5) is 24.1. The summed E-state index contributed by atoms with van der Waals surface area (Å²) in [5.74, 6) is -0.967. The molecule has 15 heteroatoms. The molecule has 1 aliphatic rings. The second-order valence-electron chi connectivity index (χ2n) is 10.4. The second kappa shape index (κ2) is 19.8. The van der Waals surface area contributed by atoms with Gasteiger partial charge < -0.3 is 65.7 Å². The molecule has 1 aromatic carbocycles. The van der Waals surface area contributed by atoms with Crippen molar-refractivity contribution in [1.82, 2.24) is 10.6 Å². The van der Waals surface area contributed by atoms with Crippen LogP contribution in [0.15, 0.2) is 30.3 Å². The van der Waals surface area contributed by atoms with Gasteiger partial charge in [-0.3, -0.25) is 4.79 Å². The molecule has 1 aromatic rings. The summed E-state index contributed by atoms with van der Waals surface area (Å²) in [6.45, 7) is -0.814. The molecular weight excluding hydrogens is 572 g/mol. The highest BCUT2D eigenvalue weighted by atomic mass is 16.7. The molecule has 2 amide bonds. The average molecular weight is 619 g/mol. The lowest BCUT2D eigenvalue weighted by atomic mass is 9.98. The number of amides is 2. The van der Waals surface area contributed by atoms with Gasteiger partial charge in [-0.05, 0) is 18.4 Å². The smallest absolute Gasteiger partial charge is 0.407 e. The Kier molecular flexibility index (Phi) is 16.9. The Bertz CT molecular complexity index is 925. The molecule has 0 radical (unpaired) electrons. The van der Waals surface area contributed by atoms with Crippen LogP contribution in [0.4, 0.5) is 4.79 Å². The van der Waals surface area contributed by atoms with Crippen molar-refractivity contribution >= 4 is 12.0 Å². The fourth-order valence-electron chi connectivity index (χ4n) is 4.41. The van der Waals surface area contributed by atoms with Crippen molar-refractivity contribution in [3.05, 3.63) is 35.9 Å². The molecule has 43 heavy (non-hydrogen) atoms. The van der Waals surface area contributed by atoms with Crippen LogP contribution in [0, 0.1) is 0 Å². The third-order valence-corrected chi connectivity index (χ3v) is 7.02. The zero-order valence-electron chi connectivity index (χ0n) is 24.0. The number of alkyl carbamates (subject to hydrolysis) is 1. The number of ether oxygens (including phenoxy) is 3. The summed E-state index contributed by atoms with van der Waals surface area (Å²) in [7, 11) is 0. The highest BCUT2D eigenvalue weighted by Crippen LogP contribution is 2.25. The Hall–Kier alpha value is -2.44. The highest BCUT2D eigenvalue weighted by Gasteiger charge is 2.47. The first-order valence-corrected chi connectivity index (χ1v) is 14.4. The van der Waals surface area contributed by atoms with Crippen LogP contribution in [0.3, 0.4) is 0 Å². The van der Waals surface area contributed by atoms with Crippen LogP contribution in [-0.2, 0) is 25.6 Å². The van der Waals surface area contributed by atoms with Crippen molar-refractivity contribution in [2.24, 2.45) is 0 Å². The van der Waals surface area contributed by atoms with Crippen LogP contribution >= 0.6 is 0 Å². The molecule has 0 aromatic heterocycles. The molecule has 1 aliphatic heterocycles. The van der Waals surface area contributed by atoms with Crippen molar-refractivity contribution in [1.29, 1.82) is 0 Å². The maximum atomic E-state index is 12.4. The SMILES string of the molecule is O=C(NCCCCCCCCNC(=O)[C@H](O)[C@@H](O)[C@@H](O[C@@H]1O[C@H](CO)[C@H](O)C(O)C1O)[C@H](O)CO)OCc1ccccc1. The van der Waals surface area contributed by atoms with E-state index >= 15 is 0 Å².